The van der Waals surface area contributed by atoms with Gasteiger partial charge in [-0.2, -0.15) is 0 Å². The Morgan fingerprint density at radius 1 is 1.21 bits per heavy atom. The molecule has 0 bridgehead atoms. The maximum Gasteiger partial charge on any atom is 0.262 e. The van der Waals surface area contributed by atoms with Gasteiger partial charge in [0.1, 0.15) is 22.9 Å². The number of allylic oxidation sites excluding steroid dienone is 1. The summed E-state index contributed by atoms with van der Waals surface area (Å²) in [5.41, 5.74) is 2.23. The molecule has 1 unspecified atom stereocenters. The van der Waals surface area contributed by atoms with Crippen LogP contribution in [0.25, 0.3) is 0 Å². The van der Waals surface area contributed by atoms with E-state index in [1.165, 1.54) is 0 Å². The Labute approximate surface area is 205 Å². The fraction of sp³-hybridized carbons (Fsp3) is 0.440. The number of pyridine rings is 1. The molecule has 1 fully saturated rings. The van der Waals surface area contributed by atoms with Crippen LogP contribution in [0.5, 0.6) is 11.5 Å². The van der Waals surface area contributed by atoms with E-state index >= 15 is 0 Å². The molecule has 0 saturated carbocycles. The predicted octanol–water partition coefficient (Wildman–Crippen LogP) is 5.32. The first-order chi connectivity index (χ1) is 16.1. The quantitative estimate of drug-likeness (QED) is 0.285. The molecule has 8 heteroatoms. The van der Waals surface area contributed by atoms with Crippen molar-refractivity contribution in [2.24, 2.45) is 0 Å². The number of hydrogen-bond donors (Lipinski definition) is 0. The van der Waals surface area contributed by atoms with E-state index in [9.17, 15) is 4.79 Å². The standard InChI is InChI=1S/C25H29Cl2N3O3/c1-32-20-9-10-23-21(14-20)25(31)30(19(15-26)17-33-23)13-3-2-11-29-12-5-6-18(16-29)22-7-4-8-24(27)28-22/h4,7-10,14,17-18H,2-3,5-6,11-13,15-16H2,1H3. The summed E-state index contributed by atoms with van der Waals surface area (Å²) in [4.78, 5) is 22.0. The number of piperidine rings is 1. The molecule has 2 aliphatic rings. The summed E-state index contributed by atoms with van der Waals surface area (Å²) in [7, 11) is 1.58. The molecule has 1 amide bonds. The number of rotatable bonds is 8. The van der Waals surface area contributed by atoms with Gasteiger partial charge < -0.3 is 19.3 Å². The smallest absolute Gasteiger partial charge is 0.262 e. The molecule has 0 spiro atoms. The van der Waals surface area contributed by atoms with E-state index in [1.54, 1.807) is 36.5 Å². The van der Waals surface area contributed by atoms with Gasteiger partial charge >= 0.3 is 0 Å². The van der Waals surface area contributed by atoms with Crippen molar-refractivity contribution in [3.63, 3.8) is 0 Å². The maximum absolute atomic E-state index is 13.3. The lowest BCUT2D eigenvalue weighted by molar-refractivity contribution is 0.0804. The minimum atomic E-state index is -0.113. The summed E-state index contributed by atoms with van der Waals surface area (Å²) in [6, 6.07) is 11.1. The van der Waals surface area contributed by atoms with Crippen molar-refractivity contribution in [2.45, 2.75) is 31.6 Å². The first-order valence-electron chi connectivity index (χ1n) is 11.4. The van der Waals surface area contributed by atoms with Crippen molar-refractivity contribution < 1.29 is 14.3 Å². The van der Waals surface area contributed by atoms with Gasteiger partial charge in [-0.15, -0.1) is 11.6 Å². The topological polar surface area (TPSA) is 54.9 Å². The fourth-order valence-electron chi connectivity index (χ4n) is 4.48. The number of ether oxygens (including phenoxy) is 2. The van der Waals surface area contributed by atoms with Crippen LogP contribution in [0.15, 0.2) is 48.4 Å². The number of halogens is 2. The van der Waals surface area contributed by atoms with Crippen LogP contribution in [0, 0.1) is 0 Å². The highest BCUT2D eigenvalue weighted by Gasteiger charge is 2.27. The average molecular weight is 490 g/mol. The second kappa shape index (κ2) is 11.2. The average Bonchev–Trinajstić information content (AvgIpc) is 2.98. The molecule has 0 aliphatic carbocycles. The van der Waals surface area contributed by atoms with Crippen molar-refractivity contribution in [1.29, 1.82) is 0 Å². The Hall–Kier alpha value is -2.28. The van der Waals surface area contributed by atoms with Gasteiger partial charge in [-0.25, -0.2) is 4.98 Å². The first-order valence-corrected chi connectivity index (χ1v) is 12.3. The van der Waals surface area contributed by atoms with E-state index in [2.05, 4.69) is 16.0 Å². The van der Waals surface area contributed by atoms with Crippen molar-refractivity contribution >= 4 is 29.1 Å². The number of fused-ring (bicyclic) bond motifs is 1. The zero-order chi connectivity index (χ0) is 23.2. The van der Waals surface area contributed by atoms with Gasteiger partial charge in [-0.1, -0.05) is 17.7 Å². The summed E-state index contributed by atoms with van der Waals surface area (Å²) in [6.45, 7) is 3.65. The number of alkyl halides is 1. The lowest BCUT2D eigenvalue weighted by Crippen LogP contribution is -2.36. The second-order valence-electron chi connectivity index (χ2n) is 8.41. The molecule has 2 aromatic rings. The molecule has 33 heavy (non-hydrogen) atoms. The SMILES string of the molecule is COc1ccc2c(c1)C(=O)N(CCCCN1CCCC(c3cccc(Cl)n3)C1)C(CCl)=CO2. The largest absolute Gasteiger partial charge is 0.497 e. The molecule has 3 heterocycles. The van der Waals surface area contributed by atoms with Gasteiger partial charge in [0.25, 0.3) is 5.91 Å². The Bertz CT molecular complexity index is 1010. The molecule has 1 atom stereocenters. The number of benzene rings is 1. The lowest BCUT2D eigenvalue weighted by atomic mass is 9.94. The number of nitrogens with zero attached hydrogens (tertiary/aromatic N) is 3. The van der Waals surface area contributed by atoms with Crippen LogP contribution in [0.4, 0.5) is 0 Å². The highest BCUT2D eigenvalue weighted by molar-refractivity contribution is 6.29. The zero-order valence-electron chi connectivity index (χ0n) is 18.8. The normalized spacial score (nSPS) is 18.9. The van der Waals surface area contributed by atoms with Crippen molar-refractivity contribution in [3.8, 4) is 11.5 Å². The number of unbranched alkanes of at least 4 members (excludes halogenated alkanes) is 1. The Morgan fingerprint density at radius 3 is 2.85 bits per heavy atom. The summed E-state index contributed by atoms with van der Waals surface area (Å²) in [5, 5.41) is 0.554. The van der Waals surface area contributed by atoms with E-state index in [1.807, 2.05) is 12.1 Å². The van der Waals surface area contributed by atoms with Crippen LogP contribution >= 0.6 is 23.2 Å². The summed E-state index contributed by atoms with van der Waals surface area (Å²) < 4.78 is 11.0. The first kappa shape index (κ1) is 23.9. The third kappa shape index (κ3) is 5.81. The highest BCUT2D eigenvalue weighted by atomic mass is 35.5. The van der Waals surface area contributed by atoms with Gasteiger partial charge in [0, 0.05) is 24.7 Å². The molecule has 0 radical (unpaired) electrons. The molecular formula is C25H29Cl2N3O3. The van der Waals surface area contributed by atoms with Gasteiger partial charge in [0.05, 0.1) is 24.3 Å². The molecular weight excluding hydrogens is 461 g/mol. The van der Waals surface area contributed by atoms with E-state index in [0.717, 1.165) is 51.0 Å². The van der Waals surface area contributed by atoms with Gasteiger partial charge in [0.2, 0.25) is 0 Å². The molecule has 1 aromatic carbocycles. The number of amides is 1. The zero-order valence-corrected chi connectivity index (χ0v) is 20.3. The lowest BCUT2D eigenvalue weighted by Gasteiger charge is -2.32. The number of hydrogen-bond acceptors (Lipinski definition) is 5. The minimum Gasteiger partial charge on any atom is -0.497 e. The van der Waals surface area contributed by atoms with Crippen LogP contribution in [0.2, 0.25) is 5.15 Å². The molecule has 0 N–H and O–H groups in total. The summed E-state index contributed by atoms with van der Waals surface area (Å²) in [5.74, 6) is 1.64. The molecule has 1 aromatic heterocycles. The maximum atomic E-state index is 13.3. The van der Waals surface area contributed by atoms with Gasteiger partial charge in [-0.05, 0) is 69.1 Å². The summed E-state index contributed by atoms with van der Waals surface area (Å²) in [6.07, 6.45) is 5.73. The van der Waals surface area contributed by atoms with Gasteiger partial charge in [0.15, 0.2) is 0 Å². The third-order valence-corrected chi connectivity index (χ3v) is 6.72. The number of carbonyl (C=O) groups excluding carboxylic acids is 1. The fourth-order valence-corrected chi connectivity index (χ4v) is 4.86. The number of methoxy groups -OCH3 is 1. The predicted molar refractivity (Wildman–Crippen MR) is 130 cm³/mol. The van der Waals surface area contributed by atoms with Crippen molar-refractivity contribution in [1.82, 2.24) is 14.8 Å². The molecule has 1 saturated heterocycles. The molecule has 6 nitrogen and oxygen atoms in total. The van der Waals surface area contributed by atoms with Crippen LogP contribution in [-0.4, -0.2) is 59.9 Å². The molecule has 176 valence electrons. The van der Waals surface area contributed by atoms with E-state index in [4.69, 9.17) is 32.7 Å². The van der Waals surface area contributed by atoms with E-state index < -0.39 is 0 Å². The summed E-state index contributed by atoms with van der Waals surface area (Å²) >= 11 is 12.2. The van der Waals surface area contributed by atoms with Crippen LogP contribution in [0.3, 0.4) is 0 Å². The number of likely N-dealkylation sites (tertiary alicyclic amines) is 1. The molecule has 4 rings (SSSR count). The van der Waals surface area contributed by atoms with Crippen LogP contribution in [0.1, 0.15) is 47.7 Å². The minimum absolute atomic E-state index is 0.113. The number of aromatic nitrogens is 1. The Kier molecular flexibility index (Phi) is 8.12. The van der Waals surface area contributed by atoms with Crippen LogP contribution in [-0.2, 0) is 0 Å². The van der Waals surface area contributed by atoms with Crippen molar-refractivity contribution in [2.75, 3.05) is 39.2 Å². The third-order valence-electron chi connectivity index (χ3n) is 6.23. The monoisotopic (exact) mass is 489 g/mol. The van der Waals surface area contributed by atoms with Gasteiger partial charge in [-0.3, -0.25) is 4.79 Å². The van der Waals surface area contributed by atoms with Crippen LogP contribution < -0.4 is 9.47 Å². The Balaban J connectivity index is 1.33. The van der Waals surface area contributed by atoms with Crippen molar-refractivity contribution in [3.05, 3.63) is 64.8 Å². The Morgan fingerprint density at radius 2 is 2.06 bits per heavy atom. The van der Waals surface area contributed by atoms with E-state index in [-0.39, 0.29) is 11.8 Å². The van der Waals surface area contributed by atoms with E-state index in [0.29, 0.717) is 40.4 Å². The highest BCUT2D eigenvalue weighted by Crippen LogP contribution is 2.30. The number of carbonyl (C=O) groups is 1. The molecule has 2 aliphatic heterocycles. The second-order valence-corrected chi connectivity index (χ2v) is 9.07.